The van der Waals surface area contributed by atoms with E-state index < -0.39 is 0 Å². The lowest BCUT2D eigenvalue weighted by Gasteiger charge is -2.13. The van der Waals surface area contributed by atoms with Crippen LogP contribution < -0.4 is 0 Å². The maximum absolute atomic E-state index is 2.49. The molecule has 9 heavy (non-hydrogen) atoms. The van der Waals surface area contributed by atoms with E-state index in [1.165, 1.54) is 19.1 Å². The molecule has 3 rings (SSSR count). The molecule has 0 N–H and O–H groups in total. The van der Waals surface area contributed by atoms with Crippen LogP contribution in [0, 0.1) is 0 Å². The van der Waals surface area contributed by atoms with E-state index in [1.807, 2.05) is 0 Å². The van der Waals surface area contributed by atoms with Crippen LogP contribution in [0.4, 0.5) is 0 Å². The molecule has 0 aromatic rings. The predicted octanol–water partition coefficient (Wildman–Crippen LogP) is 2.08. The lowest BCUT2D eigenvalue weighted by Crippen LogP contribution is -2.10. The molecule has 3 heterocycles. The van der Waals surface area contributed by atoms with Gasteiger partial charge in [0.05, 0.1) is 0 Å². The molecule has 0 aromatic carbocycles. The van der Waals surface area contributed by atoms with Gasteiger partial charge in [0.1, 0.15) is 13.4 Å². The Morgan fingerprint density at radius 3 is 3.22 bits per heavy atom. The van der Waals surface area contributed by atoms with Gasteiger partial charge in [0.2, 0.25) is 0 Å². The monoisotopic (exact) mass is 118 g/mol. The van der Waals surface area contributed by atoms with Crippen molar-refractivity contribution in [1.29, 1.82) is 0 Å². The number of hydrogen-bond acceptors (Lipinski definition) is 0. The van der Waals surface area contributed by atoms with E-state index in [0.29, 0.717) is 0 Å². The fraction of sp³-hybridized carbons (Fsp3) is 1.00. The van der Waals surface area contributed by atoms with Crippen LogP contribution in [0.15, 0.2) is 0 Å². The smallest absolute Gasteiger partial charge is 0.0889 e. The molecule has 3 fully saturated rings. The molecule has 0 amide bonds. The molecule has 0 aliphatic carbocycles. The molecular formula is C7H12B2. The molecule has 46 valence electrons. The van der Waals surface area contributed by atoms with E-state index in [1.54, 1.807) is 25.4 Å². The Balaban J connectivity index is 1.90. The SMILES string of the molecule is CC12CCB3CC3B1C2. The predicted molar refractivity (Wildman–Crippen MR) is 42.7 cm³/mol. The lowest BCUT2D eigenvalue weighted by atomic mass is 9.40. The van der Waals surface area contributed by atoms with Crippen molar-refractivity contribution in [2.75, 3.05) is 0 Å². The summed E-state index contributed by atoms with van der Waals surface area (Å²) >= 11 is 0. The molecule has 0 aromatic heterocycles. The Hall–Kier alpha value is 0.130. The highest BCUT2D eigenvalue weighted by Gasteiger charge is 2.66. The lowest BCUT2D eigenvalue weighted by molar-refractivity contribution is 0.723. The minimum Gasteiger partial charge on any atom is -0.0889 e. The van der Waals surface area contributed by atoms with Gasteiger partial charge in [0.25, 0.3) is 0 Å². The average molecular weight is 118 g/mol. The fourth-order valence-corrected chi connectivity index (χ4v) is 3.01. The summed E-state index contributed by atoms with van der Waals surface area (Å²) < 4.78 is 0. The van der Waals surface area contributed by atoms with E-state index in [-0.39, 0.29) is 0 Å². The maximum Gasteiger partial charge on any atom is 0.140 e. The fourth-order valence-electron chi connectivity index (χ4n) is 3.01. The Kier molecular flexibility index (Phi) is 0.611. The summed E-state index contributed by atoms with van der Waals surface area (Å²) in [5.74, 6) is 0. The minimum atomic E-state index is 0.859. The van der Waals surface area contributed by atoms with Gasteiger partial charge < -0.3 is 0 Å². The molecule has 3 aliphatic rings. The molecule has 3 saturated heterocycles. The van der Waals surface area contributed by atoms with Gasteiger partial charge in [-0.1, -0.05) is 43.3 Å². The van der Waals surface area contributed by atoms with Gasteiger partial charge >= 0.3 is 0 Å². The van der Waals surface area contributed by atoms with Crippen LogP contribution in [0.25, 0.3) is 0 Å². The van der Waals surface area contributed by atoms with Gasteiger partial charge in [0, 0.05) is 0 Å². The first kappa shape index (κ1) is 4.87. The second kappa shape index (κ2) is 1.13. The first-order valence-electron chi connectivity index (χ1n) is 4.30. The summed E-state index contributed by atoms with van der Waals surface area (Å²) in [6.07, 6.45) is 6.30. The quantitative estimate of drug-likeness (QED) is 0.427. The maximum atomic E-state index is 2.49. The zero-order valence-corrected chi connectivity index (χ0v) is 6.06. The van der Waals surface area contributed by atoms with Gasteiger partial charge in [-0.15, -0.1) is 0 Å². The van der Waals surface area contributed by atoms with Crippen molar-refractivity contribution in [3.63, 3.8) is 0 Å². The van der Waals surface area contributed by atoms with Crippen molar-refractivity contribution in [2.24, 2.45) is 0 Å². The van der Waals surface area contributed by atoms with Gasteiger partial charge in [-0.05, 0) is 0 Å². The summed E-state index contributed by atoms with van der Waals surface area (Å²) in [6.45, 7) is 4.88. The van der Waals surface area contributed by atoms with E-state index in [0.717, 1.165) is 5.31 Å². The van der Waals surface area contributed by atoms with Crippen molar-refractivity contribution < 1.29 is 0 Å². The summed E-state index contributed by atoms with van der Waals surface area (Å²) in [5.41, 5.74) is 1.21. The van der Waals surface area contributed by atoms with E-state index in [9.17, 15) is 0 Å². The molecule has 2 heteroatoms. The summed E-state index contributed by atoms with van der Waals surface area (Å²) in [4.78, 5) is 0. The second-order valence-electron chi connectivity index (χ2n) is 4.66. The summed E-state index contributed by atoms with van der Waals surface area (Å²) in [7, 11) is 0. The van der Waals surface area contributed by atoms with E-state index in [2.05, 4.69) is 6.92 Å². The van der Waals surface area contributed by atoms with Crippen LogP contribution in [0.3, 0.4) is 0 Å². The Labute approximate surface area is 57.6 Å². The summed E-state index contributed by atoms with van der Waals surface area (Å²) in [5, 5.41) is 0.859. The minimum absolute atomic E-state index is 0.859. The standard InChI is InChI=1S/C7H12B2/c1-7-2-3-8-4-6(8)9(7)5-7/h6H,2-5H2,1H3. The van der Waals surface area contributed by atoms with E-state index in [4.69, 9.17) is 0 Å². The van der Waals surface area contributed by atoms with Crippen LogP contribution in [-0.2, 0) is 0 Å². The number of fused-ring (bicyclic) bond motifs is 3. The van der Waals surface area contributed by atoms with Crippen molar-refractivity contribution in [3.8, 4) is 0 Å². The van der Waals surface area contributed by atoms with Gasteiger partial charge in [0.15, 0.2) is 0 Å². The first-order valence-corrected chi connectivity index (χ1v) is 4.30. The Bertz CT molecular complexity index is 168. The molecule has 0 nitrogen and oxygen atoms in total. The average Bonchev–Trinajstić information content (AvgIpc) is 2.52. The zero-order valence-electron chi connectivity index (χ0n) is 6.06. The number of hydrogen-bond donors (Lipinski definition) is 0. The third-order valence-electron chi connectivity index (χ3n) is 4.00. The van der Waals surface area contributed by atoms with Crippen molar-refractivity contribution in [3.05, 3.63) is 0 Å². The van der Waals surface area contributed by atoms with Gasteiger partial charge in [-0.25, -0.2) is 0 Å². The molecule has 0 spiro atoms. The van der Waals surface area contributed by atoms with Crippen LogP contribution in [-0.4, -0.2) is 13.4 Å². The largest absolute Gasteiger partial charge is 0.140 e. The second-order valence-corrected chi connectivity index (χ2v) is 4.66. The van der Waals surface area contributed by atoms with Gasteiger partial charge in [-0.2, -0.15) is 0 Å². The highest BCUT2D eigenvalue weighted by molar-refractivity contribution is 6.97. The highest BCUT2D eigenvalue weighted by atomic mass is 14.4. The van der Waals surface area contributed by atoms with Crippen LogP contribution in [0.2, 0.25) is 30.0 Å². The Morgan fingerprint density at radius 1 is 1.56 bits per heavy atom. The molecule has 0 bridgehead atoms. The first-order chi connectivity index (χ1) is 4.30. The van der Waals surface area contributed by atoms with Crippen molar-refractivity contribution in [2.45, 2.75) is 43.3 Å². The molecule has 3 aliphatic heterocycles. The normalized spacial score (nSPS) is 52.3. The molecule has 2 unspecified atom stereocenters. The molecular weight excluding hydrogens is 106 g/mol. The molecule has 0 radical (unpaired) electrons. The van der Waals surface area contributed by atoms with Gasteiger partial charge in [-0.3, -0.25) is 0 Å². The van der Waals surface area contributed by atoms with Crippen molar-refractivity contribution in [1.82, 2.24) is 0 Å². The Morgan fingerprint density at radius 2 is 2.44 bits per heavy atom. The van der Waals surface area contributed by atoms with Crippen LogP contribution in [0.5, 0.6) is 0 Å². The van der Waals surface area contributed by atoms with Crippen molar-refractivity contribution >= 4 is 13.4 Å². The topological polar surface area (TPSA) is 0 Å². The highest BCUT2D eigenvalue weighted by Crippen LogP contribution is 2.71. The third kappa shape index (κ3) is 0.484. The molecule has 0 saturated carbocycles. The third-order valence-corrected chi connectivity index (χ3v) is 4.00. The van der Waals surface area contributed by atoms with E-state index >= 15 is 0 Å². The number of rotatable bonds is 0. The van der Waals surface area contributed by atoms with Crippen LogP contribution in [0.1, 0.15) is 13.3 Å². The van der Waals surface area contributed by atoms with Crippen LogP contribution >= 0.6 is 0 Å². The zero-order chi connectivity index (χ0) is 6.06. The molecule has 2 atom stereocenters. The summed E-state index contributed by atoms with van der Waals surface area (Å²) in [6, 6.07) is 0.